The second-order valence-electron chi connectivity index (χ2n) is 5.20. The Hall–Kier alpha value is -0.960. The monoisotopic (exact) mass is 332 g/mol. The molecule has 1 aliphatic heterocycles. The van der Waals surface area contributed by atoms with Gasteiger partial charge in [0, 0.05) is 27.2 Å². The number of benzene rings is 1. The van der Waals surface area contributed by atoms with Crippen LogP contribution < -0.4 is 0 Å². The third kappa shape index (κ3) is 3.13. The lowest BCUT2D eigenvalue weighted by Crippen LogP contribution is -2.37. The van der Waals surface area contributed by atoms with E-state index in [4.69, 9.17) is 0 Å². The van der Waals surface area contributed by atoms with Crippen molar-refractivity contribution < 1.29 is 16.8 Å². The Morgan fingerprint density at radius 1 is 1.14 bits per heavy atom. The highest BCUT2D eigenvalue weighted by Gasteiger charge is 2.27. The van der Waals surface area contributed by atoms with E-state index in [1.165, 1.54) is 18.4 Å². The van der Waals surface area contributed by atoms with Crippen LogP contribution in [0.4, 0.5) is 0 Å². The minimum Gasteiger partial charge on any atom is -0.212 e. The molecule has 0 radical (unpaired) electrons. The van der Waals surface area contributed by atoms with Crippen LogP contribution in [-0.4, -0.2) is 51.8 Å². The Bertz CT molecular complexity index is 739. The quantitative estimate of drug-likeness (QED) is 0.811. The molecule has 0 fully saturated rings. The topological polar surface area (TPSA) is 74.8 Å². The van der Waals surface area contributed by atoms with Gasteiger partial charge in [-0.3, -0.25) is 0 Å². The average Bonchev–Trinajstić information content (AvgIpc) is 2.45. The van der Waals surface area contributed by atoms with Crippen LogP contribution in [0.1, 0.15) is 18.1 Å². The fourth-order valence-electron chi connectivity index (χ4n) is 2.30. The van der Waals surface area contributed by atoms with Crippen LogP contribution in [0.3, 0.4) is 0 Å². The highest BCUT2D eigenvalue weighted by atomic mass is 32.2. The maximum absolute atomic E-state index is 12.1. The van der Waals surface area contributed by atoms with Gasteiger partial charge in [-0.25, -0.2) is 21.1 Å². The van der Waals surface area contributed by atoms with Gasteiger partial charge in [-0.15, -0.1) is 0 Å². The number of rotatable bonds is 4. The molecule has 0 bridgehead atoms. The Morgan fingerprint density at radius 2 is 1.81 bits per heavy atom. The van der Waals surface area contributed by atoms with Crippen molar-refractivity contribution in [3.8, 4) is 0 Å². The van der Waals surface area contributed by atoms with E-state index in [1.807, 2.05) is 0 Å². The summed E-state index contributed by atoms with van der Waals surface area (Å²) in [6, 6.07) is 4.95. The second kappa shape index (κ2) is 5.68. The summed E-state index contributed by atoms with van der Waals surface area (Å²) in [4.78, 5) is 0.196. The average molecular weight is 332 g/mol. The van der Waals surface area contributed by atoms with Crippen LogP contribution in [0.25, 0.3) is 0 Å². The normalized spacial score (nSPS) is 17.0. The van der Waals surface area contributed by atoms with Gasteiger partial charge in [-0.05, 0) is 36.6 Å². The molecule has 1 heterocycles. The van der Waals surface area contributed by atoms with E-state index >= 15 is 0 Å². The molecular weight excluding hydrogens is 312 g/mol. The van der Waals surface area contributed by atoms with Crippen molar-refractivity contribution in [2.45, 2.75) is 24.8 Å². The number of hydrogen-bond acceptors (Lipinski definition) is 4. The maximum atomic E-state index is 12.1. The van der Waals surface area contributed by atoms with Crippen LogP contribution in [-0.2, 0) is 33.0 Å². The van der Waals surface area contributed by atoms with Crippen LogP contribution in [0.2, 0.25) is 0 Å². The zero-order valence-electron chi connectivity index (χ0n) is 12.4. The van der Waals surface area contributed by atoms with Crippen LogP contribution in [0.5, 0.6) is 0 Å². The van der Waals surface area contributed by atoms with Gasteiger partial charge in [0.05, 0.1) is 10.6 Å². The van der Waals surface area contributed by atoms with E-state index in [9.17, 15) is 16.8 Å². The van der Waals surface area contributed by atoms with E-state index in [0.29, 0.717) is 13.0 Å². The lowest BCUT2D eigenvalue weighted by Gasteiger charge is -2.28. The lowest BCUT2D eigenvalue weighted by molar-refractivity contribution is 0.391. The smallest absolute Gasteiger partial charge is 0.212 e. The molecule has 0 atom stereocenters. The second-order valence-corrected chi connectivity index (χ2v) is 9.61. The number of sulfonamides is 2. The van der Waals surface area contributed by atoms with Gasteiger partial charge in [0.25, 0.3) is 0 Å². The Morgan fingerprint density at radius 3 is 2.38 bits per heavy atom. The standard InChI is InChI=1S/C13H20N2O4S2/c1-4-20(16,17)15-8-7-11-5-6-13(9-12(11)10-15)21(18,19)14(2)3/h5-6,9H,4,7-8,10H2,1-3H3. The molecular formula is C13H20N2O4S2. The molecule has 1 aromatic rings. The molecule has 0 saturated heterocycles. The third-order valence-corrected chi connectivity index (χ3v) is 7.33. The zero-order valence-corrected chi connectivity index (χ0v) is 14.0. The summed E-state index contributed by atoms with van der Waals surface area (Å²) in [5, 5.41) is 0. The molecule has 1 aromatic carbocycles. The Labute approximate surface area is 126 Å². The van der Waals surface area contributed by atoms with E-state index in [0.717, 1.165) is 15.4 Å². The molecule has 0 spiro atoms. The summed E-state index contributed by atoms with van der Waals surface area (Å²) in [5.74, 6) is 0.0536. The van der Waals surface area contributed by atoms with Gasteiger partial charge in [0.15, 0.2) is 0 Å². The van der Waals surface area contributed by atoms with E-state index in [1.54, 1.807) is 25.1 Å². The maximum Gasteiger partial charge on any atom is 0.242 e. The molecule has 2 rings (SSSR count). The first-order chi connectivity index (χ1) is 9.68. The van der Waals surface area contributed by atoms with E-state index in [2.05, 4.69) is 0 Å². The van der Waals surface area contributed by atoms with Crippen LogP contribution in [0, 0.1) is 0 Å². The Kier molecular flexibility index (Phi) is 4.44. The van der Waals surface area contributed by atoms with Gasteiger partial charge >= 0.3 is 0 Å². The van der Waals surface area contributed by atoms with Crippen molar-refractivity contribution in [3.05, 3.63) is 29.3 Å². The highest BCUT2D eigenvalue weighted by molar-refractivity contribution is 7.89. The molecule has 0 aromatic heterocycles. The summed E-state index contributed by atoms with van der Waals surface area (Å²) in [7, 11) is -3.81. The zero-order chi connectivity index (χ0) is 15.8. The molecule has 8 heteroatoms. The van der Waals surface area contributed by atoms with Gasteiger partial charge in [0.2, 0.25) is 20.0 Å². The SMILES string of the molecule is CCS(=O)(=O)N1CCc2ccc(S(=O)(=O)N(C)C)cc2C1. The van der Waals surface area contributed by atoms with Crippen molar-refractivity contribution in [2.75, 3.05) is 26.4 Å². The summed E-state index contributed by atoms with van der Waals surface area (Å²) >= 11 is 0. The van der Waals surface area contributed by atoms with Crippen LogP contribution >= 0.6 is 0 Å². The fraction of sp³-hybridized carbons (Fsp3) is 0.538. The highest BCUT2D eigenvalue weighted by Crippen LogP contribution is 2.25. The van der Waals surface area contributed by atoms with Gasteiger partial charge < -0.3 is 0 Å². The molecule has 118 valence electrons. The number of nitrogens with zero attached hydrogens (tertiary/aromatic N) is 2. The first-order valence-electron chi connectivity index (χ1n) is 6.70. The fourth-order valence-corrected chi connectivity index (χ4v) is 4.32. The first kappa shape index (κ1) is 16.4. The predicted octanol–water partition coefficient (Wildman–Crippen LogP) is 0.645. The molecule has 0 amide bonds. The predicted molar refractivity (Wildman–Crippen MR) is 80.9 cm³/mol. The van der Waals surface area contributed by atoms with Crippen LogP contribution in [0.15, 0.2) is 23.1 Å². The molecule has 0 unspecified atom stereocenters. The van der Waals surface area contributed by atoms with E-state index in [-0.39, 0.29) is 17.2 Å². The summed E-state index contributed by atoms with van der Waals surface area (Å²) in [6.45, 7) is 2.29. The van der Waals surface area contributed by atoms with Crippen molar-refractivity contribution in [2.24, 2.45) is 0 Å². The first-order valence-corrected chi connectivity index (χ1v) is 9.75. The molecule has 0 saturated carbocycles. The summed E-state index contributed by atoms with van der Waals surface area (Å²) < 4.78 is 50.8. The molecule has 1 aliphatic rings. The molecule has 21 heavy (non-hydrogen) atoms. The summed E-state index contributed by atoms with van der Waals surface area (Å²) in [6.07, 6.45) is 0.608. The largest absolute Gasteiger partial charge is 0.242 e. The van der Waals surface area contributed by atoms with Crippen molar-refractivity contribution in [3.63, 3.8) is 0 Å². The van der Waals surface area contributed by atoms with Gasteiger partial charge in [-0.1, -0.05) is 6.07 Å². The molecule has 0 N–H and O–H groups in total. The minimum atomic E-state index is -3.50. The third-order valence-electron chi connectivity index (χ3n) is 3.69. The minimum absolute atomic E-state index is 0.0536. The van der Waals surface area contributed by atoms with Crippen molar-refractivity contribution in [1.29, 1.82) is 0 Å². The van der Waals surface area contributed by atoms with Crippen molar-refractivity contribution >= 4 is 20.0 Å². The molecule has 6 nitrogen and oxygen atoms in total. The number of hydrogen-bond donors (Lipinski definition) is 0. The van der Waals surface area contributed by atoms with Gasteiger partial charge in [0.1, 0.15) is 0 Å². The van der Waals surface area contributed by atoms with Gasteiger partial charge in [-0.2, -0.15) is 4.31 Å². The number of fused-ring (bicyclic) bond motifs is 1. The Balaban J connectivity index is 2.40. The van der Waals surface area contributed by atoms with Crippen molar-refractivity contribution in [1.82, 2.24) is 8.61 Å². The summed E-state index contributed by atoms with van der Waals surface area (Å²) in [5.41, 5.74) is 1.77. The lowest BCUT2D eigenvalue weighted by atomic mass is 10.0. The van der Waals surface area contributed by atoms with E-state index < -0.39 is 20.0 Å². The molecule has 0 aliphatic carbocycles.